The van der Waals surface area contributed by atoms with Crippen molar-refractivity contribution in [1.29, 1.82) is 0 Å². The molecule has 1 aromatic carbocycles. The van der Waals surface area contributed by atoms with Gasteiger partial charge in [-0.3, -0.25) is 9.59 Å². The predicted octanol–water partition coefficient (Wildman–Crippen LogP) is 2.25. The van der Waals surface area contributed by atoms with Crippen molar-refractivity contribution < 1.29 is 19.4 Å². The second-order valence-electron chi connectivity index (χ2n) is 5.00. The quantitative estimate of drug-likeness (QED) is 0.808. The Kier molecular flexibility index (Phi) is 6.08. The summed E-state index contributed by atoms with van der Waals surface area (Å²) < 4.78 is 5.16. The molecule has 2 N–H and O–H groups in total. The minimum atomic E-state index is -0.985. The fourth-order valence-electron chi connectivity index (χ4n) is 1.97. The molecule has 0 bridgehead atoms. The van der Waals surface area contributed by atoms with E-state index in [1.807, 2.05) is 6.26 Å². The molecule has 116 valence electrons. The van der Waals surface area contributed by atoms with Crippen molar-refractivity contribution in [2.45, 2.75) is 31.1 Å². The zero-order valence-corrected chi connectivity index (χ0v) is 13.5. The number of rotatable bonds is 7. The molecule has 21 heavy (non-hydrogen) atoms. The Hall–Kier alpha value is -1.69. The largest absolute Gasteiger partial charge is 0.497 e. The van der Waals surface area contributed by atoms with E-state index in [1.165, 1.54) is 11.8 Å². The molecule has 0 aliphatic carbocycles. The van der Waals surface area contributed by atoms with E-state index in [1.54, 1.807) is 45.2 Å². The summed E-state index contributed by atoms with van der Waals surface area (Å²) in [4.78, 5) is 23.3. The Morgan fingerprint density at radius 3 is 2.67 bits per heavy atom. The standard InChI is InChI=1S/C15H21NO4S/c1-10(21-4)14(19)16-15(2,9-13(17)18)11-6-5-7-12(8-11)20-3/h5-8,10H,9H2,1-4H3,(H,16,19)(H,17,18). The Balaban J connectivity index is 3.13. The number of thioether (sulfide) groups is 1. The molecular weight excluding hydrogens is 290 g/mol. The van der Waals surface area contributed by atoms with Crippen molar-refractivity contribution in [3.8, 4) is 5.75 Å². The number of carboxylic acid groups (broad SMARTS) is 1. The number of amides is 1. The summed E-state index contributed by atoms with van der Waals surface area (Å²) >= 11 is 1.41. The SMILES string of the molecule is COc1cccc(C(C)(CC(=O)O)NC(=O)C(C)SC)c1. The molecular formula is C15H21NO4S. The number of carbonyl (C=O) groups is 2. The van der Waals surface area contributed by atoms with Gasteiger partial charge in [0.1, 0.15) is 5.75 Å². The summed E-state index contributed by atoms with van der Waals surface area (Å²) in [6.45, 7) is 3.49. The van der Waals surface area contributed by atoms with E-state index in [9.17, 15) is 9.59 Å². The van der Waals surface area contributed by atoms with Crippen LogP contribution >= 0.6 is 11.8 Å². The maximum absolute atomic E-state index is 12.1. The molecule has 1 rings (SSSR count). The van der Waals surface area contributed by atoms with Crippen LogP contribution in [0.25, 0.3) is 0 Å². The predicted molar refractivity (Wildman–Crippen MR) is 83.7 cm³/mol. The number of benzene rings is 1. The number of hydrogen-bond acceptors (Lipinski definition) is 4. The summed E-state index contributed by atoms with van der Waals surface area (Å²) in [5.74, 6) is -0.539. The van der Waals surface area contributed by atoms with Gasteiger partial charge in [0.15, 0.2) is 0 Å². The molecule has 1 aromatic rings. The maximum Gasteiger partial charge on any atom is 0.306 e. The van der Waals surface area contributed by atoms with Crippen LogP contribution in [0, 0.1) is 0 Å². The number of methoxy groups -OCH3 is 1. The number of carboxylic acids is 1. The molecule has 2 unspecified atom stereocenters. The van der Waals surface area contributed by atoms with Gasteiger partial charge < -0.3 is 15.2 Å². The molecule has 2 atom stereocenters. The van der Waals surface area contributed by atoms with Crippen LogP contribution < -0.4 is 10.1 Å². The third-order valence-electron chi connectivity index (χ3n) is 3.33. The van der Waals surface area contributed by atoms with Crippen LogP contribution in [0.5, 0.6) is 5.75 Å². The van der Waals surface area contributed by atoms with Crippen molar-refractivity contribution >= 4 is 23.6 Å². The van der Waals surface area contributed by atoms with E-state index in [2.05, 4.69) is 5.32 Å². The molecule has 0 aliphatic rings. The van der Waals surface area contributed by atoms with E-state index >= 15 is 0 Å². The minimum Gasteiger partial charge on any atom is -0.497 e. The Morgan fingerprint density at radius 2 is 2.14 bits per heavy atom. The van der Waals surface area contributed by atoms with Gasteiger partial charge in [-0.05, 0) is 37.8 Å². The molecule has 6 heteroatoms. The van der Waals surface area contributed by atoms with E-state index in [4.69, 9.17) is 9.84 Å². The van der Waals surface area contributed by atoms with Crippen LogP contribution in [-0.4, -0.2) is 35.6 Å². The Morgan fingerprint density at radius 1 is 1.48 bits per heavy atom. The zero-order valence-electron chi connectivity index (χ0n) is 12.7. The second-order valence-corrected chi connectivity index (χ2v) is 6.18. The molecule has 0 aliphatic heterocycles. The van der Waals surface area contributed by atoms with Crippen molar-refractivity contribution in [3.05, 3.63) is 29.8 Å². The van der Waals surface area contributed by atoms with E-state index < -0.39 is 11.5 Å². The lowest BCUT2D eigenvalue weighted by Gasteiger charge is -2.31. The monoisotopic (exact) mass is 311 g/mol. The molecule has 0 aromatic heterocycles. The first-order chi connectivity index (χ1) is 9.82. The molecule has 0 saturated carbocycles. The van der Waals surface area contributed by atoms with Crippen LogP contribution in [0.4, 0.5) is 0 Å². The van der Waals surface area contributed by atoms with Gasteiger partial charge >= 0.3 is 5.97 Å². The first-order valence-corrected chi connectivity index (χ1v) is 7.82. The fourth-order valence-corrected chi connectivity index (χ4v) is 2.24. The number of aliphatic carboxylic acids is 1. The van der Waals surface area contributed by atoms with Gasteiger partial charge in [0.25, 0.3) is 0 Å². The average Bonchev–Trinajstić information content (AvgIpc) is 2.45. The molecule has 5 nitrogen and oxygen atoms in total. The van der Waals surface area contributed by atoms with E-state index in [-0.39, 0.29) is 17.6 Å². The van der Waals surface area contributed by atoms with Crippen molar-refractivity contribution in [1.82, 2.24) is 5.32 Å². The van der Waals surface area contributed by atoms with Crippen molar-refractivity contribution in [2.24, 2.45) is 0 Å². The van der Waals surface area contributed by atoms with Crippen molar-refractivity contribution in [3.63, 3.8) is 0 Å². The van der Waals surface area contributed by atoms with Gasteiger partial charge in [0, 0.05) is 0 Å². The maximum atomic E-state index is 12.1. The highest BCUT2D eigenvalue weighted by molar-refractivity contribution is 7.99. The molecule has 0 fully saturated rings. The molecule has 0 spiro atoms. The van der Waals surface area contributed by atoms with Gasteiger partial charge in [0.2, 0.25) is 5.91 Å². The van der Waals surface area contributed by atoms with Crippen LogP contribution in [0.15, 0.2) is 24.3 Å². The minimum absolute atomic E-state index is 0.186. The number of hydrogen-bond donors (Lipinski definition) is 2. The van der Waals surface area contributed by atoms with Gasteiger partial charge in [-0.2, -0.15) is 11.8 Å². The van der Waals surface area contributed by atoms with Gasteiger partial charge in [-0.1, -0.05) is 12.1 Å². The van der Waals surface area contributed by atoms with Crippen LogP contribution in [0.2, 0.25) is 0 Å². The third-order valence-corrected chi connectivity index (χ3v) is 4.25. The average molecular weight is 311 g/mol. The second kappa shape index (κ2) is 7.36. The third kappa shape index (κ3) is 4.67. The lowest BCUT2D eigenvalue weighted by molar-refractivity contribution is -0.139. The van der Waals surface area contributed by atoms with Gasteiger partial charge in [-0.25, -0.2) is 0 Å². The van der Waals surface area contributed by atoms with Gasteiger partial charge in [0.05, 0.1) is 24.3 Å². The van der Waals surface area contributed by atoms with Crippen LogP contribution in [-0.2, 0) is 15.1 Å². The lowest BCUT2D eigenvalue weighted by Crippen LogP contribution is -2.47. The molecule has 0 saturated heterocycles. The highest BCUT2D eigenvalue weighted by Gasteiger charge is 2.33. The van der Waals surface area contributed by atoms with Crippen LogP contribution in [0.3, 0.4) is 0 Å². The van der Waals surface area contributed by atoms with Gasteiger partial charge in [-0.15, -0.1) is 0 Å². The lowest BCUT2D eigenvalue weighted by atomic mass is 9.88. The normalized spacial score (nSPS) is 14.9. The Labute approximate surface area is 129 Å². The van der Waals surface area contributed by atoms with Crippen molar-refractivity contribution in [2.75, 3.05) is 13.4 Å². The highest BCUT2D eigenvalue weighted by atomic mass is 32.2. The zero-order chi connectivity index (χ0) is 16.0. The highest BCUT2D eigenvalue weighted by Crippen LogP contribution is 2.28. The number of nitrogens with one attached hydrogen (secondary N) is 1. The summed E-state index contributed by atoms with van der Waals surface area (Å²) in [5.41, 5.74) is -0.285. The summed E-state index contributed by atoms with van der Waals surface area (Å²) in [6.07, 6.45) is 1.64. The number of ether oxygens (including phenoxy) is 1. The summed E-state index contributed by atoms with van der Waals surface area (Å²) in [5, 5.41) is 11.8. The van der Waals surface area contributed by atoms with E-state index in [0.717, 1.165) is 0 Å². The topological polar surface area (TPSA) is 75.6 Å². The molecule has 1 amide bonds. The summed E-state index contributed by atoms with van der Waals surface area (Å²) in [7, 11) is 1.54. The Bertz CT molecular complexity index is 520. The summed E-state index contributed by atoms with van der Waals surface area (Å²) in [6, 6.07) is 7.08. The first-order valence-electron chi connectivity index (χ1n) is 6.53. The fraction of sp³-hybridized carbons (Fsp3) is 0.467. The number of carbonyl (C=O) groups excluding carboxylic acids is 1. The smallest absolute Gasteiger partial charge is 0.306 e. The van der Waals surface area contributed by atoms with Crippen LogP contribution in [0.1, 0.15) is 25.8 Å². The molecule has 0 heterocycles. The molecule has 0 radical (unpaired) electrons. The first kappa shape index (κ1) is 17.4. The van der Waals surface area contributed by atoms with E-state index in [0.29, 0.717) is 11.3 Å².